The number of anilines is 2. The first-order valence-electron chi connectivity index (χ1n) is 12.3. The number of aromatic nitrogens is 2. The highest BCUT2D eigenvalue weighted by molar-refractivity contribution is 7.80. The van der Waals surface area contributed by atoms with Gasteiger partial charge in [0.15, 0.2) is 5.11 Å². The van der Waals surface area contributed by atoms with Crippen LogP contribution in [-0.4, -0.2) is 20.6 Å². The van der Waals surface area contributed by atoms with E-state index in [1.54, 1.807) is 18.3 Å². The maximum Gasteiger partial charge on any atom is 0.226 e. The third-order valence-corrected chi connectivity index (χ3v) is 7.24. The lowest BCUT2D eigenvalue weighted by atomic mass is 10.00. The predicted molar refractivity (Wildman–Crippen MR) is 153 cm³/mol. The zero-order chi connectivity index (χ0) is 27.0. The molecule has 0 saturated carbocycles. The number of thiocarbonyl (C=S) groups is 1. The Morgan fingerprint density at radius 2 is 1.89 bits per heavy atom. The first kappa shape index (κ1) is 25.9. The molecule has 38 heavy (non-hydrogen) atoms. The number of nitrogens with one attached hydrogen (secondary N) is 2. The van der Waals surface area contributed by atoms with E-state index in [1.165, 1.54) is 6.07 Å². The number of carbonyl (C=O) groups is 1. The Kier molecular flexibility index (Phi) is 7.19. The number of hydrogen-bond acceptors (Lipinski definition) is 3. The highest BCUT2D eigenvalue weighted by atomic mass is 35.5. The van der Waals surface area contributed by atoms with E-state index in [4.69, 9.17) is 23.8 Å². The second-order valence-corrected chi connectivity index (χ2v) is 10.3. The zero-order valence-corrected chi connectivity index (χ0v) is 22.7. The Morgan fingerprint density at radius 3 is 2.58 bits per heavy atom. The number of benzene rings is 2. The van der Waals surface area contributed by atoms with Crippen molar-refractivity contribution in [1.29, 1.82) is 0 Å². The number of hydrogen-bond donors (Lipinski definition) is 2. The van der Waals surface area contributed by atoms with Crippen LogP contribution in [0.1, 0.15) is 42.9 Å². The Labute approximate surface area is 231 Å². The molecule has 2 aromatic heterocycles. The maximum atomic E-state index is 13.9. The summed E-state index contributed by atoms with van der Waals surface area (Å²) >= 11 is 12.0. The molecule has 2 atom stereocenters. The highest BCUT2D eigenvalue weighted by Gasteiger charge is 2.42. The molecule has 2 aromatic carbocycles. The number of nitrogens with zero attached hydrogens (tertiary/aromatic N) is 3. The van der Waals surface area contributed by atoms with Crippen molar-refractivity contribution in [2.75, 3.05) is 10.2 Å². The second-order valence-electron chi connectivity index (χ2n) is 9.54. The Morgan fingerprint density at radius 1 is 1.11 bits per heavy atom. The topological polar surface area (TPSA) is 62.2 Å². The van der Waals surface area contributed by atoms with E-state index >= 15 is 0 Å². The predicted octanol–water partition coefficient (Wildman–Crippen LogP) is 6.74. The Balaban J connectivity index is 1.61. The van der Waals surface area contributed by atoms with Crippen LogP contribution in [0.3, 0.4) is 0 Å². The molecular weight excluding hydrogens is 521 g/mol. The largest absolute Gasteiger partial charge is 0.351 e. The third-order valence-electron chi connectivity index (χ3n) is 6.63. The van der Waals surface area contributed by atoms with E-state index < -0.39 is 5.82 Å². The van der Waals surface area contributed by atoms with Gasteiger partial charge < -0.3 is 20.1 Å². The lowest BCUT2D eigenvalue weighted by Gasteiger charge is -2.29. The molecule has 1 saturated heterocycles. The van der Waals surface area contributed by atoms with Gasteiger partial charge in [-0.05, 0) is 85.4 Å². The third kappa shape index (κ3) is 4.89. The van der Waals surface area contributed by atoms with Gasteiger partial charge in [0.05, 0.1) is 16.8 Å². The Hall–Kier alpha value is -3.75. The molecule has 4 aromatic rings. The number of pyridine rings is 1. The molecule has 0 aliphatic carbocycles. The number of carbonyl (C=O) groups excluding carboxylic acids is 1. The molecule has 194 valence electrons. The lowest BCUT2D eigenvalue weighted by molar-refractivity contribution is -0.118. The molecule has 1 fully saturated rings. The van der Waals surface area contributed by atoms with Crippen LogP contribution in [0.2, 0.25) is 5.02 Å². The van der Waals surface area contributed by atoms with Gasteiger partial charge in [-0.15, -0.1) is 0 Å². The molecule has 1 amide bonds. The Bertz CT molecular complexity index is 1510. The van der Waals surface area contributed by atoms with Crippen molar-refractivity contribution in [2.24, 2.45) is 5.92 Å². The molecule has 9 heteroatoms. The minimum atomic E-state index is -0.471. The molecule has 1 aliphatic heterocycles. The fraction of sp³-hybridized carbons (Fsp3) is 0.207. The summed E-state index contributed by atoms with van der Waals surface area (Å²) in [5, 5.41) is 7.05. The van der Waals surface area contributed by atoms with Gasteiger partial charge in [-0.1, -0.05) is 31.5 Å². The van der Waals surface area contributed by atoms with Crippen molar-refractivity contribution < 1.29 is 9.18 Å². The SMILES string of the molecule is Cc1cc(N2C(=S)N[C@H](c3ccccn3)[C@H]2c2cccn2-c2ccc(F)c(Cl)c2)ccc1NC(=O)C(C)C. The number of aryl methyl sites for hydroxylation is 1. The summed E-state index contributed by atoms with van der Waals surface area (Å²) in [4.78, 5) is 19.0. The van der Waals surface area contributed by atoms with Crippen molar-refractivity contribution in [3.8, 4) is 5.69 Å². The average Bonchev–Trinajstić information content (AvgIpc) is 3.51. The van der Waals surface area contributed by atoms with E-state index in [-0.39, 0.29) is 28.9 Å². The molecule has 3 heterocycles. The summed E-state index contributed by atoms with van der Waals surface area (Å²) in [5.41, 5.74) is 5.04. The molecule has 1 aliphatic rings. The van der Waals surface area contributed by atoms with Gasteiger partial charge in [-0.3, -0.25) is 9.78 Å². The summed E-state index contributed by atoms with van der Waals surface area (Å²) in [7, 11) is 0. The van der Waals surface area contributed by atoms with Gasteiger partial charge in [-0.25, -0.2) is 4.39 Å². The van der Waals surface area contributed by atoms with E-state index in [0.717, 1.165) is 34.0 Å². The van der Waals surface area contributed by atoms with Crippen LogP contribution in [0.25, 0.3) is 5.69 Å². The van der Waals surface area contributed by atoms with E-state index in [9.17, 15) is 9.18 Å². The van der Waals surface area contributed by atoms with Crippen LogP contribution in [0.4, 0.5) is 15.8 Å². The van der Waals surface area contributed by atoms with Gasteiger partial charge in [0.2, 0.25) is 5.91 Å². The summed E-state index contributed by atoms with van der Waals surface area (Å²) < 4.78 is 15.9. The van der Waals surface area contributed by atoms with Crippen molar-refractivity contribution in [1.82, 2.24) is 14.9 Å². The number of amides is 1. The average molecular weight is 548 g/mol. The molecule has 0 bridgehead atoms. The minimum Gasteiger partial charge on any atom is -0.351 e. The maximum absolute atomic E-state index is 13.9. The van der Waals surface area contributed by atoms with E-state index in [2.05, 4.69) is 20.5 Å². The van der Waals surface area contributed by atoms with Gasteiger partial charge in [0.25, 0.3) is 0 Å². The van der Waals surface area contributed by atoms with Crippen LogP contribution in [-0.2, 0) is 4.79 Å². The summed E-state index contributed by atoms with van der Waals surface area (Å²) in [6, 6.07) is 19.7. The fourth-order valence-electron chi connectivity index (χ4n) is 4.65. The van der Waals surface area contributed by atoms with Crippen LogP contribution in [0, 0.1) is 18.7 Å². The van der Waals surface area contributed by atoms with Gasteiger partial charge in [0, 0.05) is 41.1 Å². The smallest absolute Gasteiger partial charge is 0.226 e. The monoisotopic (exact) mass is 547 g/mol. The van der Waals surface area contributed by atoms with Crippen molar-refractivity contribution >= 4 is 46.2 Å². The van der Waals surface area contributed by atoms with E-state index in [1.807, 2.05) is 80.1 Å². The standard InChI is InChI=1S/C29H27ClFN5OS/c1-17(2)28(37)33-23-12-10-20(15-18(23)3)36-27(26(34-29(36)38)24-7-4-5-13-32-24)25-8-6-14-35(25)19-9-11-22(31)21(30)16-19/h4-17,26-27H,1-3H3,(H,33,37)(H,34,38)/t26-,27-/m1/s1. The molecule has 5 rings (SSSR count). The number of halogens is 2. The lowest BCUT2D eigenvalue weighted by Crippen LogP contribution is -2.30. The molecular formula is C29H27ClFN5OS. The molecule has 0 spiro atoms. The normalized spacial score (nSPS) is 17.1. The summed E-state index contributed by atoms with van der Waals surface area (Å²) in [6.45, 7) is 5.68. The van der Waals surface area contributed by atoms with Crippen molar-refractivity contribution in [3.05, 3.63) is 107 Å². The van der Waals surface area contributed by atoms with Crippen LogP contribution < -0.4 is 15.5 Å². The summed E-state index contributed by atoms with van der Waals surface area (Å²) in [5.74, 6) is -0.635. The van der Waals surface area contributed by atoms with Crippen molar-refractivity contribution in [3.63, 3.8) is 0 Å². The molecule has 2 N–H and O–H groups in total. The van der Waals surface area contributed by atoms with Gasteiger partial charge >= 0.3 is 0 Å². The van der Waals surface area contributed by atoms with Crippen molar-refractivity contribution in [2.45, 2.75) is 32.9 Å². The number of rotatable bonds is 6. The molecule has 0 radical (unpaired) electrons. The molecule has 6 nitrogen and oxygen atoms in total. The van der Waals surface area contributed by atoms with Gasteiger partial charge in [0.1, 0.15) is 11.9 Å². The second kappa shape index (κ2) is 10.6. The quantitative estimate of drug-likeness (QED) is 0.262. The van der Waals surface area contributed by atoms with Gasteiger partial charge in [-0.2, -0.15) is 0 Å². The summed E-state index contributed by atoms with van der Waals surface area (Å²) in [6.07, 6.45) is 3.68. The minimum absolute atomic E-state index is 0.0388. The first-order valence-corrected chi connectivity index (χ1v) is 13.1. The molecule has 0 unspecified atom stereocenters. The first-order chi connectivity index (χ1) is 18.2. The highest BCUT2D eigenvalue weighted by Crippen LogP contribution is 2.43. The zero-order valence-electron chi connectivity index (χ0n) is 21.2. The fourth-order valence-corrected chi connectivity index (χ4v) is 5.17. The van der Waals surface area contributed by atoms with Crippen LogP contribution in [0.15, 0.2) is 79.1 Å². The van der Waals surface area contributed by atoms with Crippen LogP contribution >= 0.6 is 23.8 Å². The van der Waals surface area contributed by atoms with E-state index in [0.29, 0.717) is 5.11 Å². The van der Waals surface area contributed by atoms with Crippen LogP contribution in [0.5, 0.6) is 0 Å².